The number of nitrogens with zero attached hydrogens (tertiary/aromatic N) is 2. The molecule has 6 aromatic carbocycles. The van der Waals surface area contributed by atoms with Gasteiger partial charge in [-0.3, -0.25) is 0 Å². The van der Waals surface area contributed by atoms with E-state index in [0.717, 1.165) is 21.0 Å². The zero-order valence-corrected chi connectivity index (χ0v) is 31.2. The lowest BCUT2D eigenvalue weighted by atomic mass is 9.78. The van der Waals surface area contributed by atoms with Crippen LogP contribution in [0.3, 0.4) is 0 Å². The van der Waals surface area contributed by atoms with Crippen molar-refractivity contribution in [3.63, 3.8) is 0 Å². The van der Waals surface area contributed by atoms with Crippen LogP contribution in [0.15, 0.2) is 109 Å². The fraction of sp³-hybridized carbons (Fsp3) is 0.191. The number of hydrogen-bond acceptors (Lipinski definition) is 4. The molecule has 0 atom stereocenters. The summed E-state index contributed by atoms with van der Waals surface area (Å²) in [6.45, 7) is 14.4. The first-order valence-corrected chi connectivity index (χ1v) is 19.5. The van der Waals surface area contributed by atoms with Crippen LogP contribution in [0.2, 0.25) is 0 Å². The van der Waals surface area contributed by atoms with Gasteiger partial charge in [-0.1, -0.05) is 90.1 Å². The minimum Gasteiger partial charge on any atom is -0.236 e. The van der Waals surface area contributed by atoms with Gasteiger partial charge in [0, 0.05) is 27.4 Å². The predicted octanol–water partition coefficient (Wildman–Crippen LogP) is 13.2. The first-order chi connectivity index (χ1) is 24.5. The molecule has 2 aromatic heterocycles. The topological polar surface area (TPSA) is 25.8 Å². The first kappa shape index (κ1) is 29.8. The van der Waals surface area contributed by atoms with Crippen LogP contribution in [0.4, 0.5) is 0 Å². The SMILES string of the molecule is CC1(C)c2ccc(-c3nc4ccccc4s3)cc2-c2cc3c(cc21)-c1cc2c(cc1C3(C)C)-c1ccc(-c3nc4ccccc4s3)cc1C2(C)C. The summed E-state index contributed by atoms with van der Waals surface area (Å²) in [5, 5.41) is 2.18. The molecule has 0 aliphatic heterocycles. The Morgan fingerprint density at radius 3 is 1.27 bits per heavy atom. The average molecular weight is 693 g/mol. The van der Waals surface area contributed by atoms with Crippen LogP contribution in [0, 0.1) is 0 Å². The van der Waals surface area contributed by atoms with E-state index < -0.39 is 0 Å². The summed E-state index contributed by atoms with van der Waals surface area (Å²) >= 11 is 3.56. The molecule has 0 N–H and O–H groups in total. The molecule has 0 fully saturated rings. The second kappa shape index (κ2) is 9.70. The van der Waals surface area contributed by atoms with Gasteiger partial charge >= 0.3 is 0 Å². The molecule has 0 spiro atoms. The highest BCUT2D eigenvalue weighted by Gasteiger charge is 2.44. The normalized spacial score (nSPS) is 16.5. The lowest BCUT2D eigenvalue weighted by Gasteiger charge is -2.24. The summed E-state index contributed by atoms with van der Waals surface area (Å²) in [6, 6.07) is 41.1. The van der Waals surface area contributed by atoms with Crippen LogP contribution in [-0.2, 0) is 16.2 Å². The molecular formula is C47H36N2S2. The summed E-state index contributed by atoms with van der Waals surface area (Å²) in [5.41, 5.74) is 21.0. The van der Waals surface area contributed by atoms with Gasteiger partial charge in [-0.05, 0) is 127 Å². The Bertz CT molecular complexity index is 2780. The van der Waals surface area contributed by atoms with Crippen LogP contribution in [0.5, 0.6) is 0 Å². The maximum Gasteiger partial charge on any atom is 0.124 e. The molecule has 3 aliphatic carbocycles. The fourth-order valence-corrected chi connectivity index (χ4v) is 11.4. The highest BCUT2D eigenvalue weighted by atomic mass is 32.1. The Morgan fingerprint density at radius 1 is 0.373 bits per heavy atom. The number of hydrogen-bond donors (Lipinski definition) is 0. The summed E-state index contributed by atoms with van der Waals surface area (Å²) < 4.78 is 2.47. The second-order valence-corrected chi connectivity index (χ2v) is 18.3. The summed E-state index contributed by atoms with van der Waals surface area (Å²) in [7, 11) is 0. The molecule has 0 unspecified atom stereocenters. The Labute approximate surface area is 306 Å². The highest BCUT2D eigenvalue weighted by molar-refractivity contribution is 7.22. The van der Waals surface area contributed by atoms with Crippen molar-refractivity contribution in [3.05, 3.63) is 143 Å². The number of thiazole rings is 2. The van der Waals surface area contributed by atoms with E-state index in [9.17, 15) is 0 Å². The molecule has 2 nitrogen and oxygen atoms in total. The standard InChI is InChI=1S/C47H36N2S2/c1-45(2)33-18-16-25(43-48-39-11-7-9-13-41(39)50-43)19-28(33)30-22-38-32(24-36(30)45)31-23-35-29(21-37(31)47(38,5)6)27-17-15-26(20-34(27)46(35,3)4)44-49-40-12-8-10-14-42(40)51-44/h7-24H,1-6H3. The highest BCUT2D eigenvalue weighted by Crippen LogP contribution is 2.59. The van der Waals surface area contributed by atoms with Crippen LogP contribution >= 0.6 is 22.7 Å². The molecule has 3 aliphatic rings. The van der Waals surface area contributed by atoms with Crippen LogP contribution in [-0.4, -0.2) is 9.97 Å². The molecule has 2 heterocycles. The molecular weight excluding hydrogens is 657 g/mol. The third-order valence-electron chi connectivity index (χ3n) is 12.3. The van der Waals surface area contributed by atoms with Gasteiger partial charge < -0.3 is 0 Å². The molecule has 0 radical (unpaired) electrons. The molecule has 0 bridgehead atoms. The summed E-state index contributed by atoms with van der Waals surface area (Å²) in [5.74, 6) is 0. The van der Waals surface area contributed by atoms with Crippen molar-refractivity contribution in [1.29, 1.82) is 0 Å². The van der Waals surface area contributed by atoms with E-state index in [2.05, 4.69) is 151 Å². The van der Waals surface area contributed by atoms with Gasteiger partial charge in [0.25, 0.3) is 0 Å². The third-order valence-corrected chi connectivity index (χ3v) is 14.5. The Hall–Kier alpha value is -4.90. The predicted molar refractivity (Wildman–Crippen MR) is 216 cm³/mol. The van der Waals surface area contributed by atoms with Gasteiger partial charge in [0.1, 0.15) is 10.0 Å². The molecule has 8 aromatic rings. The smallest absolute Gasteiger partial charge is 0.124 e. The number of fused-ring (bicyclic) bond motifs is 11. The van der Waals surface area contributed by atoms with E-state index in [-0.39, 0.29) is 16.2 Å². The van der Waals surface area contributed by atoms with Gasteiger partial charge in [-0.2, -0.15) is 0 Å². The third kappa shape index (κ3) is 3.87. The molecule has 0 saturated carbocycles. The lowest BCUT2D eigenvalue weighted by Crippen LogP contribution is -2.17. The maximum absolute atomic E-state index is 5.01. The van der Waals surface area contributed by atoms with Crippen LogP contribution < -0.4 is 0 Å². The van der Waals surface area contributed by atoms with E-state index in [1.165, 1.54) is 87.3 Å². The molecule has 0 amide bonds. The van der Waals surface area contributed by atoms with E-state index >= 15 is 0 Å². The van der Waals surface area contributed by atoms with Crippen molar-refractivity contribution in [2.24, 2.45) is 0 Å². The number of para-hydroxylation sites is 2. The lowest BCUT2D eigenvalue weighted by molar-refractivity contribution is 0.649. The van der Waals surface area contributed by atoms with Crippen molar-refractivity contribution in [1.82, 2.24) is 9.97 Å². The van der Waals surface area contributed by atoms with Crippen molar-refractivity contribution >= 4 is 43.1 Å². The summed E-state index contributed by atoms with van der Waals surface area (Å²) in [6.07, 6.45) is 0. The summed E-state index contributed by atoms with van der Waals surface area (Å²) in [4.78, 5) is 10.0. The Balaban J connectivity index is 1.04. The Morgan fingerprint density at radius 2 is 0.765 bits per heavy atom. The van der Waals surface area contributed by atoms with Gasteiger partial charge in [0.2, 0.25) is 0 Å². The van der Waals surface area contributed by atoms with E-state index in [4.69, 9.17) is 9.97 Å². The number of aromatic nitrogens is 2. The molecule has 11 rings (SSSR count). The quantitative estimate of drug-likeness (QED) is 0.180. The molecule has 51 heavy (non-hydrogen) atoms. The van der Waals surface area contributed by atoms with Gasteiger partial charge in [0.15, 0.2) is 0 Å². The van der Waals surface area contributed by atoms with Crippen molar-refractivity contribution < 1.29 is 0 Å². The van der Waals surface area contributed by atoms with Crippen LogP contribution in [0.1, 0.15) is 74.9 Å². The average Bonchev–Trinajstić information content (AvgIpc) is 3.90. The number of rotatable bonds is 2. The zero-order valence-electron chi connectivity index (χ0n) is 29.6. The largest absolute Gasteiger partial charge is 0.236 e. The molecule has 0 saturated heterocycles. The van der Waals surface area contributed by atoms with Gasteiger partial charge in [0.05, 0.1) is 20.4 Å². The molecule has 246 valence electrons. The zero-order chi connectivity index (χ0) is 34.6. The minimum absolute atomic E-state index is 0.0953. The maximum atomic E-state index is 5.01. The van der Waals surface area contributed by atoms with Crippen molar-refractivity contribution in [2.45, 2.75) is 57.8 Å². The van der Waals surface area contributed by atoms with Gasteiger partial charge in [-0.15, -0.1) is 22.7 Å². The minimum atomic E-state index is -0.125. The fourth-order valence-electron chi connectivity index (χ4n) is 9.46. The van der Waals surface area contributed by atoms with E-state index in [1.54, 1.807) is 22.7 Å². The van der Waals surface area contributed by atoms with Crippen molar-refractivity contribution in [3.8, 4) is 54.5 Å². The Kier molecular flexibility index (Phi) is 5.67. The number of benzene rings is 6. The first-order valence-electron chi connectivity index (χ1n) is 17.9. The van der Waals surface area contributed by atoms with Crippen LogP contribution in [0.25, 0.3) is 75.0 Å². The van der Waals surface area contributed by atoms with E-state index in [0.29, 0.717) is 0 Å². The van der Waals surface area contributed by atoms with E-state index in [1.807, 2.05) is 0 Å². The monoisotopic (exact) mass is 692 g/mol. The second-order valence-electron chi connectivity index (χ2n) is 16.3. The van der Waals surface area contributed by atoms with Crippen molar-refractivity contribution in [2.75, 3.05) is 0 Å². The van der Waals surface area contributed by atoms with Gasteiger partial charge in [-0.25, -0.2) is 9.97 Å². The molecule has 4 heteroatoms.